The number of carboxylic acid groups (broad SMARTS) is 1. The highest BCUT2D eigenvalue weighted by Crippen LogP contribution is 2.76. The molecule has 6 rings (SSSR count). The number of aliphatic carboxylic acids is 1. The number of carbonyl (C=O) groups is 1. The summed E-state index contributed by atoms with van der Waals surface area (Å²) in [7, 11) is 0. The van der Waals surface area contributed by atoms with Crippen molar-refractivity contribution in [1.29, 1.82) is 0 Å². The van der Waals surface area contributed by atoms with Gasteiger partial charge in [0.25, 0.3) is 0 Å². The first-order valence-electron chi connectivity index (χ1n) is 16.9. The predicted molar refractivity (Wildman–Crippen MR) is 161 cm³/mol. The van der Waals surface area contributed by atoms with Gasteiger partial charge in [-0.3, -0.25) is 4.79 Å². The molecule has 14 atom stereocenters. The largest absolute Gasteiger partial charge is 0.481 e. The number of aliphatic hydroxyl groups is 4. The molecule has 244 valence electrons. The molecule has 6 aliphatic rings. The van der Waals surface area contributed by atoms with Crippen LogP contribution in [0.4, 0.5) is 0 Å². The Bertz CT molecular complexity index is 1160. The number of aliphatic hydroxyl groups excluding tert-OH is 3. The lowest BCUT2D eigenvalue weighted by molar-refractivity contribution is -0.308. The zero-order chi connectivity index (χ0) is 31.5. The van der Waals surface area contributed by atoms with Crippen molar-refractivity contribution in [2.75, 3.05) is 6.61 Å². The summed E-state index contributed by atoms with van der Waals surface area (Å²) in [5, 5.41) is 53.4. The van der Waals surface area contributed by atoms with Gasteiger partial charge >= 0.3 is 5.97 Å². The van der Waals surface area contributed by atoms with Crippen molar-refractivity contribution < 1.29 is 39.8 Å². The van der Waals surface area contributed by atoms with Crippen molar-refractivity contribution >= 4 is 5.97 Å². The second kappa shape index (κ2) is 9.98. The zero-order valence-corrected chi connectivity index (χ0v) is 27.3. The van der Waals surface area contributed by atoms with Crippen molar-refractivity contribution in [1.82, 2.24) is 0 Å². The van der Waals surface area contributed by atoms with E-state index >= 15 is 0 Å². The van der Waals surface area contributed by atoms with Crippen LogP contribution in [0, 0.1) is 50.7 Å². The minimum atomic E-state index is -1.30. The highest BCUT2D eigenvalue weighted by molar-refractivity contribution is 5.77. The Balaban J connectivity index is 1.33. The molecule has 8 nitrogen and oxygen atoms in total. The lowest BCUT2D eigenvalue weighted by Crippen LogP contribution is -2.68. The predicted octanol–water partition coefficient (Wildman–Crippen LogP) is 4.67. The number of hydrogen-bond donors (Lipinski definition) is 5. The van der Waals surface area contributed by atoms with Gasteiger partial charge in [-0.05, 0) is 104 Å². The van der Waals surface area contributed by atoms with Crippen molar-refractivity contribution in [2.24, 2.45) is 50.7 Å². The van der Waals surface area contributed by atoms with E-state index in [-0.39, 0.29) is 46.2 Å². The maximum atomic E-state index is 13.0. The average Bonchev–Trinajstić information content (AvgIpc) is 2.92. The third kappa shape index (κ3) is 4.11. The van der Waals surface area contributed by atoms with E-state index in [0.717, 1.165) is 44.9 Å². The average molecular weight is 605 g/mol. The molecule has 5 aliphatic carbocycles. The quantitative estimate of drug-likeness (QED) is 0.232. The maximum Gasteiger partial charge on any atom is 0.310 e. The van der Waals surface area contributed by atoms with E-state index < -0.39 is 41.6 Å². The molecule has 1 heterocycles. The molecule has 0 aromatic carbocycles. The summed E-state index contributed by atoms with van der Waals surface area (Å²) >= 11 is 0. The summed E-state index contributed by atoms with van der Waals surface area (Å²) in [6, 6.07) is 0. The fourth-order valence-corrected chi connectivity index (χ4v) is 12.1. The van der Waals surface area contributed by atoms with Crippen LogP contribution >= 0.6 is 0 Å². The van der Waals surface area contributed by atoms with Gasteiger partial charge in [0.15, 0.2) is 6.29 Å². The standard InChI is InChI=1S/C35H56O8/c1-19-10-15-35(29(39)40)17-16-32(5)20(27(35)34(19,7)41)8-9-23-31(4)13-12-24(30(2,3)22(31)11-14-33(23,32)6)43-28-26(38)25(37)21(36)18-42-28/h8,19,21-28,36-38,41H,9-18H2,1-7H3,(H,39,40)/t19-,21+,22?,23-,24+,25+,26-,27-,28+,31+,32-,33-,34-,35+/m1/s1. The second-order valence-electron chi connectivity index (χ2n) is 17.1. The third-order valence-corrected chi connectivity index (χ3v) is 15.2. The van der Waals surface area contributed by atoms with Crippen LogP contribution in [0.15, 0.2) is 11.6 Å². The molecule has 43 heavy (non-hydrogen) atoms. The summed E-state index contributed by atoms with van der Waals surface area (Å²) < 4.78 is 12.1. The van der Waals surface area contributed by atoms with Crippen molar-refractivity contribution in [3.05, 3.63) is 11.6 Å². The molecule has 5 N–H and O–H groups in total. The van der Waals surface area contributed by atoms with E-state index in [4.69, 9.17) is 9.47 Å². The Labute approximate surface area is 257 Å². The van der Waals surface area contributed by atoms with Gasteiger partial charge in [0.05, 0.1) is 23.7 Å². The van der Waals surface area contributed by atoms with Gasteiger partial charge in [-0.2, -0.15) is 0 Å². The number of carboxylic acids is 1. The van der Waals surface area contributed by atoms with Gasteiger partial charge < -0.3 is 35.0 Å². The first-order chi connectivity index (χ1) is 19.9. The summed E-state index contributed by atoms with van der Waals surface area (Å²) in [6.45, 7) is 15.8. The third-order valence-electron chi connectivity index (χ3n) is 15.2. The molecule has 0 aromatic rings. The number of hydrogen-bond acceptors (Lipinski definition) is 7. The first kappa shape index (κ1) is 31.9. The maximum absolute atomic E-state index is 13.0. The van der Waals surface area contributed by atoms with Crippen LogP contribution in [0.5, 0.6) is 0 Å². The van der Waals surface area contributed by atoms with Crippen LogP contribution in [0.1, 0.15) is 106 Å². The molecule has 1 unspecified atom stereocenters. The van der Waals surface area contributed by atoms with Crippen LogP contribution < -0.4 is 0 Å². The van der Waals surface area contributed by atoms with Gasteiger partial charge in [-0.25, -0.2) is 0 Å². The van der Waals surface area contributed by atoms with Crippen LogP contribution in [-0.2, 0) is 14.3 Å². The van der Waals surface area contributed by atoms with Crippen molar-refractivity contribution in [3.63, 3.8) is 0 Å². The summed E-state index contributed by atoms with van der Waals surface area (Å²) in [4.78, 5) is 13.0. The fourth-order valence-electron chi connectivity index (χ4n) is 12.1. The first-order valence-corrected chi connectivity index (χ1v) is 16.9. The molecule has 4 saturated carbocycles. The zero-order valence-electron chi connectivity index (χ0n) is 27.3. The molecule has 0 spiro atoms. The Hall–Kier alpha value is -1.03. The highest BCUT2D eigenvalue weighted by atomic mass is 16.7. The van der Waals surface area contributed by atoms with Gasteiger partial charge in [-0.1, -0.05) is 53.2 Å². The van der Waals surface area contributed by atoms with Gasteiger partial charge in [0.1, 0.15) is 18.3 Å². The molecule has 5 fully saturated rings. The van der Waals surface area contributed by atoms with E-state index in [2.05, 4.69) is 47.6 Å². The SMILES string of the molecule is C[C@@H]1CC[C@]2(C(=O)O)CC[C@]3(C)C(=CC[C@@H]4[C@@]5(C)CC[C@H](O[C@@H]6OC[C@H](O)[C@H](O)[C@H]6O)C(C)(C)C5CC[C@]43C)[C@@H]2[C@]1(C)O. The van der Waals surface area contributed by atoms with Crippen LogP contribution in [0.3, 0.4) is 0 Å². The Morgan fingerprint density at radius 2 is 1.60 bits per heavy atom. The van der Waals surface area contributed by atoms with E-state index in [0.29, 0.717) is 24.7 Å². The van der Waals surface area contributed by atoms with E-state index in [1.165, 1.54) is 5.57 Å². The molecule has 0 radical (unpaired) electrons. The van der Waals surface area contributed by atoms with Crippen molar-refractivity contribution in [3.8, 4) is 0 Å². The Morgan fingerprint density at radius 1 is 0.907 bits per heavy atom. The smallest absolute Gasteiger partial charge is 0.310 e. The number of fused-ring (bicyclic) bond motifs is 7. The molecular weight excluding hydrogens is 548 g/mol. The minimum Gasteiger partial charge on any atom is -0.481 e. The number of ether oxygens (including phenoxy) is 2. The normalized spacial score (nSPS) is 56.1. The second-order valence-corrected chi connectivity index (χ2v) is 17.1. The summed E-state index contributed by atoms with van der Waals surface area (Å²) in [6.07, 6.45) is 5.06. The monoisotopic (exact) mass is 604 g/mol. The van der Waals surface area contributed by atoms with Gasteiger partial charge in [0, 0.05) is 5.92 Å². The minimum absolute atomic E-state index is 0.0313. The molecule has 0 aromatic heterocycles. The highest BCUT2D eigenvalue weighted by Gasteiger charge is 2.71. The molecule has 8 heteroatoms. The Morgan fingerprint density at radius 3 is 2.28 bits per heavy atom. The van der Waals surface area contributed by atoms with E-state index in [9.17, 15) is 30.3 Å². The summed E-state index contributed by atoms with van der Waals surface area (Å²) in [5.41, 5.74) is -1.16. The van der Waals surface area contributed by atoms with Crippen LogP contribution in [-0.4, -0.2) is 74.4 Å². The molecule has 1 aliphatic heterocycles. The lowest BCUT2D eigenvalue weighted by Gasteiger charge is -2.72. The number of allylic oxidation sites excluding steroid dienone is 1. The van der Waals surface area contributed by atoms with E-state index in [1.54, 1.807) is 0 Å². The molecular formula is C35H56O8. The van der Waals surface area contributed by atoms with Crippen molar-refractivity contribution in [2.45, 2.75) is 143 Å². The van der Waals surface area contributed by atoms with Gasteiger partial charge in [0.2, 0.25) is 0 Å². The van der Waals surface area contributed by atoms with E-state index in [1.807, 2.05) is 6.92 Å². The van der Waals surface area contributed by atoms with Gasteiger partial charge in [-0.15, -0.1) is 0 Å². The topological polar surface area (TPSA) is 137 Å². The van der Waals surface area contributed by atoms with Crippen LogP contribution in [0.25, 0.3) is 0 Å². The Kier molecular flexibility index (Phi) is 7.41. The molecule has 1 saturated heterocycles. The summed E-state index contributed by atoms with van der Waals surface area (Å²) in [5.74, 6) is -0.306. The molecule has 0 bridgehead atoms. The molecule has 0 amide bonds. The lowest BCUT2D eigenvalue weighted by atomic mass is 9.33. The number of rotatable bonds is 3. The fraction of sp³-hybridized carbons (Fsp3) is 0.914. The van der Waals surface area contributed by atoms with Crippen LogP contribution in [0.2, 0.25) is 0 Å².